The Labute approximate surface area is 117 Å². The highest BCUT2D eigenvalue weighted by Gasteiger charge is 2.09. The van der Waals surface area contributed by atoms with Crippen LogP contribution in [-0.4, -0.2) is 29.4 Å². The molecule has 0 heterocycles. The molecule has 1 aromatic carbocycles. The van der Waals surface area contributed by atoms with Gasteiger partial charge in [0.2, 0.25) is 0 Å². The number of carboxylic acid groups (broad SMARTS) is 1. The van der Waals surface area contributed by atoms with Crippen LogP contribution in [0, 0.1) is 6.92 Å². The van der Waals surface area contributed by atoms with E-state index in [1.54, 1.807) is 18.2 Å². The van der Waals surface area contributed by atoms with E-state index in [1.165, 1.54) is 11.8 Å². The van der Waals surface area contributed by atoms with Crippen LogP contribution in [0.25, 0.3) is 0 Å². The first-order chi connectivity index (χ1) is 9.04. The quantitative estimate of drug-likeness (QED) is 0.473. The lowest BCUT2D eigenvalue weighted by Gasteiger charge is -2.07. The molecule has 0 aliphatic heterocycles. The summed E-state index contributed by atoms with van der Waals surface area (Å²) in [5.41, 5.74) is 1.18. The van der Waals surface area contributed by atoms with Crippen molar-refractivity contribution in [3.05, 3.63) is 29.3 Å². The minimum absolute atomic E-state index is 0.202. The zero-order valence-corrected chi connectivity index (χ0v) is 12.0. The van der Waals surface area contributed by atoms with E-state index in [-0.39, 0.29) is 17.3 Å². The van der Waals surface area contributed by atoms with Gasteiger partial charge in [0.05, 0.1) is 17.9 Å². The van der Waals surface area contributed by atoms with Crippen molar-refractivity contribution in [2.45, 2.75) is 31.6 Å². The second-order valence-corrected chi connectivity index (χ2v) is 5.17. The number of carbonyl (C=O) groups is 2. The van der Waals surface area contributed by atoms with Gasteiger partial charge in [-0.15, -0.1) is 11.8 Å². The van der Waals surface area contributed by atoms with Gasteiger partial charge in [0, 0.05) is 4.90 Å². The topological polar surface area (TPSA) is 63.6 Å². The van der Waals surface area contributed by atoms with Crippen molar-refractivity contribution in [1.82, 2.24) is 0 Å². The summed E-state index contributed by atoms with van der Waals surface area (Å²) in [6.07, 6.45) is 1.85. The number of unbranched alkanes of at least 4 members (excludes halogenated alkanes) is 1. The van der Waals surface area contributed by atoms with Crippen LogP contribution in [0.3, 0.4) is 0 Å². The largest absolute Gasteiger partial charge is 0.478 e. The Morgan fingerprint density at radius 2 is 2.11 bits per heavy atom. The Balaban J connectivity index is 2.54. The average Bonchev–Trinajstić information content (AvgIpc) is 2.37. The molecule has 1 aromatic rings. The molecular formula is C14H18O4S. The molecule has 0 radical (unpaired) electrons. The highest BCUT2D eigenvalue weighted by molar-refractivity contribution is 8.00. The van der Waals surface area contributed by atoms with E-state index < -0.39 is 5.97 Å². The lowest BCUT2D eigenvalue weighted by atomic mass is 10.1. The van der Waals surface area contributed by atoms with Crippen LogP contribution >= 0.6 is 11.8 Å². The van der Waals surface area contributed by atoms with E-state index >= 15 is 0 Å². The molecule has 4 nitrogen and oxygen atoms in total. The number of carbonyl (C=O) groups excluding carboxylic acids is 1. The van der Waals surface area contributed by atoms with Crippen LogP contribution in [-0.2, 0) is 9.53 Å². The first-order valence-electron chi connectivity index (χ1n) is 6.17. The molecule has 0 unspecified atom stereocenters. The number of aromatic carboxylic acids is 1. The van der Waals surface area contributed by atoms with Gasteiger partial charge in [-0.05, 0) is 31.0 Å². The Kier molecular flexibility index (Phi) is 6.42. The molecule has 0 saturated carbocycles. The number of esters is 1. The Bertz CT molecular complexity index is 457. The van der Waals surface area contributed by atoms with Crippen molar-refractivity contribution in [2.75, 3.05) is 12.4 Å². The molecule has 0 bridgehead atoms. The van der Waals surface area contributed by atoms with Gasteiger partial charge in [-0.25, -0.2) is 4.79 Å². The highest BCUT2D eigenvalue weighted by Crippen LogP contribution is 2.23. The third-order valence-electron chi connectivity index (χ3n) is 2.54. The van der Waals surface area contributed by atoms with Crippen molar-refractivity contribution < 1.29 is 19.4 Å². The van der Waals surface area contributed by atoms with Crippen molar-refractivity contribution in [3.63, 3.8) is 0 Å². The van der Waals surface area contributed by atoms with Crippen LogP contribution in [0.4, 0.5) is 0 Å². The van der Waals surface area contributed by atoms with Gasteiger partial charge in [-0.2, -0.15) is 0 Å². The maximum atomic E-state index is 11.5. The molecule has 0 aromatic heterocycles. The second kappa shape index (κ2) is 7.84. The van der Waals surface area contributed by atoms with E-state index in [0.29, 0.717) is 6.61 Å². The third kappa shape index (κ3) is 5.34. The molecule has 0 aliphatic rings. The minimum atomic E-state index is -0.965. The fourth-order valence-electron chi connectivity index (χ4n) is 1.40. The standard InChI is InChI=1S/C14H18O4S/c1-3-4-7-18-13(15)9-19-12-8-11(14(16)17)6-5-10(12)2/h5-6,8H,3-4,7,9H2,1-2H3,(H,16,17). The smallest absolute Gasteiger partial charge is 0.335 e. The van der Waals surface area contributed by atoms with Gasteiger partial charge >= 0.3 is 11.9 Å². The molecule has 0 spiro atoms. The van der Waals surface area contributed by atoms with E-state index in [9.17, 15) is 9.59 Å². The second-order valence-electron chi connectivity index (χ2n) is 4.15. The summed E-state index contributed by atoms with van der Waals surface area (Å²) in [5, 5.41) is 8.92. The van der Waals surface area contributed by atoms with Gasteiger partial charge < -0.3 is 9.84 Å². The normalized spacial score (nSPS) is 10.2. The predicted octanol–water partition coefficient (Wildman–Crippen LogP) is 3.13. The number of ether oxygens (including phenoxy) is 1. The number of benzene rings is 1. The van der Waals surface area contributed by atoms with Crippen molar-refractivity contribution >= 4 is 23.7 Å². The van der Waals surface area contributed by atoms with E-state index in [1.807, 2.05) is 13.8 Å². The number of aryl methyl sites for hydroxylation is 1. The highest BCUT2D eigenvalue weighted by atomic mass is 32.2. The number of rotatable bonds is 7. The summed E-state index contributed by atoms with van der Waals surface area (Å²) in [4.78, 5) is 23.1. The first kappa shape index (κ1) is 15.6. The zero-order valence-electron chi connectivity index (χ0n) is 11.1. The van der Waals surface area contributed by atoms with Crippen LogP contribution in [0.2, 0.25) is 0 Å². The minimum Gasteiger partial charge on any atom is -0.478 e. The number of hydrogen-bond acceptors (Lipinski definition) is 4. The Hall–Kier alpha value is -1.49. The summed E-state index contributed by atoms with van der Waals surface area (Å²) in [7, 11) is 0. The van der Waals surface area contributed by atoms with Crippen LogP contribution in [0.15, 0.2) is 23.1 Å². The average molecular weight is 282 g/mol. The van der Waals surface area contributed by atoms with Crippen LogP contribution in [0.5, 0.6) is 0 Å². The van der Waals surface area contributed by atoms with Gasteiger partial charge in [-0.3, -0.25) is 4.79 Å². The lowest BCUT2D eigenvalue weighted by molar-refractivity contribution is -0.140. The summed E-state index contributed by atoms with van der Waals surface area (Å²) in [6.45, 7) is 4.36. The number of thioether (sulfide) groups is 1. The Morgan fingerprint density at radius 3 is 2.74 bits per heavy atom. The van der Waals surface area contributed by atoms with Crippen molar-refractivity contribution in [3.8, 4) is 0 Å². The molecule has 0 amide bonds. The third-order valence-corrected chi connectivity index (χ3v) is 3.67. The number of carboxylic acids is 1. The zero-order chi connectivity index (χ0) is 14.3. The van der Waals surface area contributed by atoms with Gasteiger partial charge in [0.25, 0.3) is 0 Å². The summed E-state index contributed by atoms with van der Waals surface area (Å²) < 4.78 is 5.05. The molecule has 104 valence electrons. The molecule has 1 N–H and O–H groups in total. The maximum absolute atomic E-state index is 11.5. The van der Waals surface area contributed by atoms with Gasteiger partial charge in [-0.1, -0.05) is 19.4 Å². The summed E-state index contributed by atoms with van der Waals surface area (Å²) in [6, 6.07) is 4.89. The molecule has 0 saturated heterocycles. The fraction of sp³-hybridized carbons (Fsp3) is 0.429. The van der Waals surface area contributed by atoms with Gasteiger partial charge in [0.15, 0.2) is 0 Å². The van der Waals surface area contributed by atoms with E-state index in [2.05, 4.69) is 0 Å². The SMILES string of the molecule is CCCCOC(=O)CSc1cc(C(=O)O)ccc1C. The molecular weight excluding hydrogens is 264 g/mol. The van der Waals surface area contributed by atoms with Crippen molar-refractivity contribution in [2.24, 2.45) is 0 Å². The molecule has 19 heavy (non-hydrogen) atoms. The lowest BCUT2D eigenvalue weighted by Crippen LogP contribution is -2.08. The summed E-state index contributed by atoms with van der Waals surface area (Å²) >= 11 is 1.31. The molecule has 1 rings (SSSR count). The van der Waals surface area contributed by atoms with E-state index in [0.717, 1.165) is 23.3 Å². The van der Waals surface area contributed by atoms with Crippen LogP contribution in [0.1, 0.15) is 35.7 Å². The first-order valence-corrected chi connectivity index (χ1v) is 7.15. The monoisotopic (exact) mass is 282 g/mol. The predicted molar refractivity (Wildman–Crippen MR) is 74.7 cm³/mol. The molecule has 0 aliphatic carbocycles. The van der Waals surface area contributed by atoms with Crippen LogP contribution < -0.4 is 0 Å². The Morgan fingerprint density at radius 1 is 1.37 bits per heavy atom. The molecule has 0 fully saturated rings. The van der Waals surface area contributed by atoms with Crippen molar-refractivity contribution in [1.29, 1.82) is 0 Å². The fourth-order valence-corrected chi connectivity index (χ4v) is 2.26. The number of hydrogen-bond donors (Lipinski definition) is 1. The molecule has 5 heteroatoms. The molecule has 0 atom stereocenters. The van der Waals surface area contributed by atoms with E-state index in [4.69, 9.17) is 9.84 Å². The van der Waals surface area contributed by atoms with Gasteiger partial charge in [0.1, 0.15) is 0 Å². The maximum Gasteiger partial charge on any atom is 0.335 e. The summed E-state index contributed by atoms with van der Waals surface area (Å²) in [5.74, 6) is -1.03.